The molecule has 2 N–H and O–H groups in total. The monoisotopic (exact) mass is 247 g/mol. The molecule has 1 aliphatic heterocycles. The summed E-state index contributed by atoms with van der Waals surface area (Å²) in [5, 5.41) is 0. The second-order valence-corrected chi connectivity index (χ2v) is 5.02. The van der Waals surface area contributed by atoms with Crippen molar-refractivity contribution in [3.05, 3.63) is 29.3 Å². The van der Waals surface area contributed by atoms with Crippen LogP contribution in [0.15, 0.2) is 18.2 Å². The Labute approximate surface area is 108 Å². The van der Waals surface area contributed by atoms with Crippen molar-refractivity contribution >= 4 is 11.6 Å². The highest BCUT2D eigenvalue weighted by atomic mass is 16.1. The Morgan fingerprint density at radius 3 is 2.50 bits per heavy atom. The van der Waals surface area contributed by atoms with E-state index in [1.165, 1.54) is 16.8 Å². The van der Waals surface area contributed by atoms with Gasteiger partial charge in [0.2, 0.25) is 5.91 Å². The first-order valence-electron chi connectivity index (χ1n) is 6.39. The zero-order chi connectivity index (χ0) is 13.1. The molecule has 1 saturated heterocycles. The Balaban J connectivity index is 2.01. The topological polar surface area (TPSA) is 49.6 Å². The molecule has 0 aliphatic carbocycles. The van der Waals surface area contributed by atoms with E-state index in [9.17, 15) is 4.79 Å². The highest BCUT2D eigenvalue weighted by Gasteiger charge is 2.19. The molecule has 0 atom stereocenters. The lowest BCUT2D eigenvalue weighted by molar-refractivity contribution is -0.119. The lowest BCUT2D eigenvalue weighted by Crippen LogP contribution is -2.49. The minimum Gasteiger partial charge on any atom is -0.369 e. The summed E-state index contributed by atoms with van der Waals surface area (Å²) in [4.78, 5) is 15.4. The minimum atomic E-state index is -0.241. The molecule has 0 unspecified atom stereocenters. The molecule has 1 aliphatic rings. The summed E-state index contributed by atoms with van der Waals surface area (Å²) < 4.78 is 0. The maximum atomic E-state index is 10.9. The van der Waals surface area contributed by atoms with Crippen molar-refractivity contribution in [2.75, 3.05) is 37.6 Å². The highest BCUT2D eigenvalue weighted by molar-refractivity contribution is 5.76. The van der Waals surface area contributed by atoms with Gasteiger partial charge in [0.25, 0.3) is 0 Å². The summed E-state index contributed by atoms with van der Waals surface area (Å²) in [6, 6.07) is 6.54. The van der Waals surface area contributed by atoms with Gasteiger partial charge in [0.05, 0.1) is 6.54 Å². The number of anilines is 1. The molecule has 4 nitrogen and oxygen atoms in total. The van der Waals surface area contributed by atoms with Crippen LogP contribution in [0, 0.1) is 13.8 Å². The van der Waals surface area contributed by atoms with E-state index in [1.807, 2.05) is 0 Å². The van der Waals surface area contributed by atoms with Gasteiger partial charge >= 0.3 is 0 Å². The summed E-state index contributed by atoms with van der Waals surface area (Å²) in [5.74, 6) is -0.241. The SMILES string of the molecule is Cc1ccc(C)c(N2CCN(CC(N)=O)CC2)c1. The molecule has 1 heterocycles. The lowest BCUT2D eigenvalue weighted by Gasteiger charge is -2.36. The van der Waals surface area contributed by atoms with Crippen molar-refractivity contribution in [3.8, 4) is 0 Å². The minimum absolute atomic E-state index is 0.241. The zero-order valence-electron chi connectivity index (χ0n) is 11.1. The number of piperazine rings is 1. The number of hydrogen-bond acceptors (Lipinski definition) is 3. The largest absolute Gasteiger partial charge is 0.369 e. The van der Waals surface area contributed by atoms with Crippen molar-refractivity contribution < 1.29 is 4.79 Å². The molecule has 18 heavy (non-hydrogen) atoms. The van der Waals surface area contributed by atoms with E-state index < -0.39 is 0 Å². The molecule has 0 radical (unpaired) electrons. The molecule has 1 aromatic rings. The van der Waals surface area contributed by atoms with Gasteiger partial charge in [-0.3, -0.25) is 9.69 Å². The number of benzene rings is 1. The maximum Gasteiger partial charge on any atom is 0.231 e. The Kier molecular flexibility index (Phi) is 3.87. The third-order valence-electron chi connectivity index (χ3n) is 3.46. The highest BCUT2D eigenvalue weighted by Crippen LogP contribution is 2.22. The first-order valence-corrected chi connectivity index (χ1v) is 6.39. The van der Waals surface area contributed by atoms with E-state index >= 15 is 0 Å². The maximum absolute atomic E-state index is 10.9. The van der Waals surface area contributed by atoms with E-state index in [2.05, 4.69) is 41.8 Å². The number of carbonyl (C=O) groups excluding carboxylic acids is 1. The first kappa shape index (κ1) is 12.9. The van der Waals surface area contributed by atoms with Gasteiger partial charge in [0.1, 0.15) is 0 Å². The first-order chi connectivity index (χ1) is 8.56. The van der Waals surface area contributed by atoms with Crippen LogP contribution < -0.4 is 10.6 Å². The van der Waals surface area contributed by atoms with Crippen LogP contribution in [0.25, 0.3) is 0 Å². The van der Waals surface area contributed by atoms with Gasteiger partial charge in [-0.1, -0.05) is 12.1 Å². The van der Waals surface area contributed by atoms with Crippen LogP contribution in [-0.2, 0) is 4.79 Å². The van der Waals surface area contributed by atoms with Crippen molar-refractivity contribution in [2.45, 2.75) is 13.8 Å². The van der Waals surface area contributed by atoms with Crippen LogP contribution in [0.3, 0.4) is 0 Å². The molecule has 1 amide bonds. The van der Waals surface area contributed by atoms with Crippen molar-refractivity contribution in [2.24, 2.45) is 5.73 Å². The molecular weight excluding hydrogens is 226 g/mol. The van der Waals surface area contributed by atoms with Crippen LogP contribution in [0.4, 0.5) is 5.69 Å². The Bertz CT molecular complexity index is 437. The number of nitrogens with two attached hydrogens (primary N) is 1. The molecule has 0 bridgehead atoms. The molecule has 4 heteroatoms. The van der Waals surface area contributed by atoms with Gasteiger partial charge in [-0.2, -0.15) is 0 Å². The van der Waals surface area contributed by atoms with E-state index in [4.69, 9.17) is 5.73 Å². The fourth-order valence-electron chi connectivity index (χ4n) is 2.43. The zero-order valence-corrected chi connectivity index (χ0v) is 11.1. The van der Waals surface area contributed by atoms with Crippen molar-refractivity contribution in [1.82, 2.24) is 4.90 Å². The van der Waals surface area contributed by atoms with Gasteiger partial charge in [0, 0.05) is 31.9 Å². The molecule has 2 rings (SSSR count). The molecule has 0 saturated carbocycles. The van der Waals surface area contributed by atoms with Gasteiger partial charge in [0.15, 0.2) is 0 Å². The Morgan fingerprint density at radius 2 is 1.89 bits per heavy atom. The fraction of sp³-hybridized carbons (Fsp3) is 0.500. The number of hydrogen-bond donors (Lipinski definition) is 1. The number of carbonyl (C=O) groups is 1. The fourth-order valence-corrected chi connectivity index (χ4v) is 2.43. The molecule has 0 aromatic heterocycles. The average molecular weight is 247 g/mol. The summed E-state index contributed by atoms with van der Waals surface area (Å²) >= 11 is 0. The number of rotatable bonds is 3. The number of amides is 1. The summed E-state index contributed by atoms with van der Waals surface area (Å²) in [6.07, 6.45) is 0. The van der Waals surface area contributed by atoms with Crippen molar-refractivity contribution in [1.29, 1.82) is 0 Å². The Hall–Kier alpha value is -1.55. The summed E-state index contributed by atoms with van der Waals surface area (Å²) in [5.41, 5.74) is 9.13. The lowest BCUT2D eigenvalue weighted by atomic mass is 10.1. The average Bonchev–Trinajstić information content (AvgIpc) is 2.33. The summed E-state index contributed by atoms with van der Waals surface area (Å²) in [7, 11) is 0. The van der Waals surface area contributed by atoms with Crippen LogP contribution in [0.1, 0.15) is 11.1 Å². The third-order valence-corrected chi connectivity index (χ3v) is 3.46. The van der Waals surface area contributed by atoms with Gasteiger partial charge in [-0.15, -0.1) is 0 Å². The molecule has 1 fully saturated rings. The molecular formula is C14H21N3O. The normalized spacial score (nSPS) is 16.9. The second kappa shape index (κ2) is 5.40. The van der Waals surface area contributed by atoms with E-state index in [1.54, 1.807) is 0 Å². The quantitative estimate of drug-likeness (QED) is 0.864. The number of primary amides is 1. The van der Waals surface area contributed by atoms with Crippen LogP contribution in [0.5, 0.6) is 0 Å². The predicted octanol–water partition coefficient (Wildman–Crippen LogP) is 0.911. The molecule has 98 valence electrons. The van der Waals surface area contributed by atoms with Gasteiger partial charge in [-0.05, 0) is 31.0 Å². The predicted molar refractivity (Wildman–Crippen MR) is 73.8 cm³/mol. The number of nitrogens with zero attached hydrogens (tertiary/aromatic N) is 2. The third kappa shape index (κ3) is 3.01. The van der Waals surface area contributed by atoms with E-state index in [0.29, 0.717) is 6.54 Å². The van der Waals surface area contributed by atoms with E-state index in [-0.39, 0.29) is 5.91 Å². The second-order valence-electron chi connectivity index (χ2n) is 5.02. The van der Waals surface area contributed by atoms with E-state index in [0.717, 1.165) is 26.2 Å². The number of aryl methyl sites for hydroxylation is 2. The standard InChI is InChI=1S/C14H21N3O/c1-11-3-4-12(2)13(9-11)17-7-5-16(6-8-17)10-14(15)18/h3-4,9H,5-8,10H2,1-2H3,(H2,15,18). The van der Waals surface area contributed by atoms with Crippen molar-refractivity contribution in [3.63, 3.8) is 0 Å². The van der Waals surface area contributed by atoms with Gasteiger partial charge in [-0.25, -0.2) is 0 Å². The Morgan fingerprint density at radius 1 is 1.22 bits per heavy atom. The summed E-state index contributed by atoms with van der Waals surface area (Å²) in [6.45, 7) is 8.35. The molecule has 0 spiro atoms. The smallest absolute Gasteiger partial charge is 0.231 e. The van der Waals surface area contributed by atoms with Gasteiger partial charge < -0.3 is 10.6 Å². The van der Waals surface area contributed by atoms with Crippen LogP contribution in [0.2, 0.25) is 0 Å². The molecule has 1 aromatic carbocycles. The van der Waals surface area contributed by atoms with Crippen LogP contribution >= 0.6 is 0 Å². The van der Waals surface area contributed by atoms with Crippen LogP contribution in [-0.4, -0.2) is 43.5 Å².